The van der Waals surface area contributed by atoms with Crippen molar-refractivity contribution in [2.45, 2.75) is 20.0 Å². The standard InChI is InChI=1S/C19H17F5N2O3/c1-2-9-26(18(28)11-5-3-4-6-14(11)29-19(23)24)10-15(27)25-13-8-7-12(20)16(21)17(13)22/h3-8,19H,2,9-10H2,1H3,(H,25,27). The van der Waals surface area contributed by atoms with Gasteiger partial charge in [0.05, 0.1) is 11.3 Å². The van der Waals surface area contributed by atoms with Gasteiger partial charge >= 0.3 is 6.61 Å². The number of halogens is 5. The molecule has 0 saturated carbocycles. The molecule has 5 nitrogen and oxygen atoms in total. The molecule has 0 saturated heterocycles. The van der Waals surface area contributed by atoms with E-state index in [9.17, 15) is 31.5 Å². The number of carbonyl (C=O) groups excluding carboxylic acids is 2. The summed E-state index contributed by atoms with van der Waals surface area (Å²) in [5, 5.41) is 2.05. The molecule has 0 aliphatic rings. The van der Waals surface area contributed by atoms with Crippen LogP contribution in [0.2, 0.25) is 0 Å². The van der Waals surface area contributed by atoms with Crippen molar-refractivity contribution in [2.75, 3.05) is 18.4 Å². The van der Waals surface area contributed by atoms with E-state index in [2.05, 4.69) is 10.1 Å². The molecule has 156 valence electrons. The molecular weight excluding hydrogens is 399 g/mol. The van der Waals surface area contributed by atoms with Crippen LogP contribution < -0.4 is 10.1 Å². The van der Waals surface area contributed by atoms with Gasteiger partial charge in [0.25, 0.3) is 5.91 Å². The summed E-state index contributed by atoms with van der Waals surface area (Å²) >= 11 is 0. The van der Waals surface area contributed by atoms with Gasteiger partial charge in [-0.15, -0.1) is 0 Å². The molecule has 0 aromatic heterocycles. The van der Waals surface area contributed by atoms with Crippen molar-refractivity contribution in [1.29, 1.82) is 0 Å². The van der Waals surface area contributed by atoms with Gasteiger partial charge in [-0.2, -0.15) is 8.78 Å². The molecule has 0 spiro atoms. The summed E-state index contributed by atoms with van der Waals surface area (Å²) in [7, 11) is 0. The topological polar surface area (TPSA) is 58.6 Å². The first kappa shape index (κ1) is 22.1. The maximum atomic E-state index is 13.7. The second-order valence-corrected chi connectivity index (χ2v) is 5.87. The zero-order valence-corrected chi connectivity index (χ0v) is 15.2. The fraction of sp³-hybridized carbons (Fsp3) is 0.263. The van der Waals surface area contributed by atoms with E-state index >= 15 is 0 Å². The van der Waals surface area contributed by atoms with Crippen LogP contribution in [0, 0.1) is 17.5 Å². The number of nitrogens with zero attached hydrogens (tertiary/aromatic N) is 1. The molecule has 2 rings (SSSR count). The number of alkyl halides is 2. The normalized spacial score (nSPS) is 10.7. The molecule has 10 heteroatoms. The van der Waals surface area contributed by atoms with E-state index < -0.39 is 48.1 Å². The molecule has 0 atom stereocenters. The fourth-order valence-electron chi connectivity index (χ4n) is 2.52. The molecule has 0 aliphatic heterocycles. The van der Waals surface area contributed by atoms with Crippen molar-refractivity contribution in [2.24, 2.45) is 0 Å². The van der Waals surface area contributed by atoms with Gasteiger partial charge in [0.15, 0.2) is 17.5 Å². The smallest absolute Gasteiger partial charge is 0.387 e. The van der Waals surface area contributed by atoms with Gasteiger partial charge in [-0.25, -0.2) is 13.2 Å². The van der Waals surface area contributed by atoms with Crippen molar-refractivity contribution in [3.63, 3.8) is 0 Å². The zero-order chi connectivity index (χ0) is 21.6. The zero-order valence-electron chi connectivity index (χ0n) is 15.2. The number of anilines is 1. The minimum Gasteiger partial charge on any atom is -0.434 e. The lowest BCUT2D eigenvalue weighted by molar-refractivity contribution is -0.117. The highest BCUT2D eigenvalue weighted by Gasteiger charge is 2.23. The summed E-state index contributed by atoms with van der Waals surface area (Å²) in [6, 6.07) is 6.75. The highest BCUT2D eigenvalue weighted by Crippen LogP contribution is 2.23. The molecular formula is C19H17F5N2O3. The van der Waals surface area contributed by atoms with Crippen LogP contribution in [-0.2, 0) is 4.79 Å². The molecule has 0 fully saturated rings. The Morgan fingerprint density at radius 3 is 2.41 bits per heavy atom. The molecule has 0 heterocycles. The van der Waals surface area contributed by atoms with E-state index in [1.54, 1.807) is 6.92 Å². The Morgan fingerprint density at radius 2 is 1.76 bits per heavy atom. The Morgan fingerprint density at radius 1 is 1.07 bits per heavy atom. The Hall–Kier alpha value is -3.17. The third-order valence-corrected chi connectivity index (χ3v) is 3.76. The molecule has 2 aromatic carbocycles. The maximum absolute atomic E-state index is 13.7. The molecule has 2 amide bonds. The highest BCUT2D eigenvalue weighted by molar-refractivity contribution is 6.01. The molecule has 0 bridgehead atoms. The van der Waals surface area contributed by atoms with Crippen LogP contribution in [0.25, 0.3) is 0 Å². The third kappa shape index (κ3) is 5.66. The summed E-state index contributed by atoms with van der Waals surface area (Å²) in [4.78, 5) is 26.0. The second-order valence-electron chi connectivity index (χ2n) is 5.87. The monoisotopic (exact) mass is 416 g/mol. The maximum Gasteiger partial charge on any atom is 0.387 e. The SMILES string of the molecule is CCCN(CC(=O)Nc1ccc(F)c(F)c1F)C(=O)c1ccccc1OC(F)F. The van der Waals surface area contributed by atoms with Gasteiger partial charge in [0.1, 0.15) is 12.3 Å². The van der Waals surface area contributed by atoms with Gasteiger partial charge in [0.2, 0.25) is 5.91 Å². The minimum atomic E-state index is -3.15. The number of para-hydroxylation sites is 1. The Kier molecular flexibility index (Phi) is 7.52. The lowest BCUT2D eigenvalue weighted by Gasteiger charge is -2.23. The van der Waals surface area contributed by atoms with Crippen molar-refractivity contribution in [3.8, 4) is 5.75 Å². The van der Waals surface area contributed by atoms with Crippen LogP contribution in [0.1, 0.15) is 23.7 Å². The number of amides is 2. The van der Waals surface area contributed by atoms with Crippen LogP contribution in [-0.4, -0.2) is 36.4 Å². The Labute approximate surface area is 163 Å². The number of benzene rings is 2. The first-order valence-electron chi connectivity index (χ1n) is 8.51. The van der Waals surface area contributed by atoms with E-state index in [1.165, 1.54) is 24.3 Å². The van der Waals surface area contributed by atoms with E-state index in [1.807, 2.05) is 0 Å². The third-order valence-electron chi connectivity index (χ3n) is 3.76. The van der Waals surface area contributed by atoms with Crippen molar-refractivity contribution in [1.82, 2.24) is 4.90 Å². The lowest BCUT2D eigenvalue weighted by atomic mass is 10.1. The van der Waals surface area contributed by atoms with Gasteiger partial charge in [-0.3, -0.25) is 9.59 Å². The molecule has 2 aromatic rings. The van der Waals surface area contributed by atoms with Gasteiger partial charge in [0, 0.05) is 6.54 Å². The molecule has 0 aliphatic carbocycles. The second kappa shape index (κ2) is 9.85. The lowest BCUT2D eigenvalue weighted by Crippen LogP contribution is -2.39. The minimum absolute atomic E-state index is 0.0789. The molecule has 1 N–H and O–H groups in total. The Balaban J connectivity index is 2.19. The first-order valence-corrected chi connectivity index (χ1v) is 8.51. The summed E-state index contributed by atoms with van der Waals surface area (Å²) < 4.78 is 69.4. The quantitative estimate of drug-likeness (QED) is 0.519. The highest BCUT2D eigenvalue weighted by atomic mass is 19.3. The summed E-state index contributed by atoms with van der Waals surface area (Å²) in [6.07, 6.45) is 0.427. The predicted molar refractivity (Wildman–Crippen MR) is 94.2 cm³/mol. The number of hydrogen-bond donors (Lipinski definition) is 1. The Bertz CT molecular complexity index is 892. The summed E-state index contributed by atoms with van der Waals surface area (Å²) in [6.45, 7) is -1.93. The summed E-state index contributed by atoms with van der Waals surface area (Å²) in [5.41, 5.74) is -0.785. The number of hydrogen-bond acceptors (Lipinski definition) is 3. The largest absolute Gasteiger partial charge is 0.434 e. The predicted octanol–water partition coefficient (Wildman–Crippen LogP) is 4.20. The first-order chi connectivity index (χ1) is 13.7. The molecule has 0 radical (unpaired) electrons. The van der Waals surface area contributed by atoms with Crippen molar-refractivity contribution < 1.29 is 36.3 Å². The van der Waals surface area contributed by atoms with Gasteiger partial charge < -0.3 is 15.0 Å². The average molecular weight is 416 g/mol. The van der Waals surface area contributed by atoms with Crippen LogP contribution >= 0.6 is 0 Å². The number of carbonyl (C=O) groups is 2. The fourth-order valence-corrected chi connectivity index (χ4v) is 2.52. The number of rotatable bonds is 8. The number of nitrogens with one attached hydrogen (secondary N) is 1. The van der Waals surface area contributed by atoms with E-state index in [0.29, 0.717) is 12.5 Å². The van der Waals surface area contributed by atoms with Crippen molar-refractivity contribution >= 4 is 17.5 Å². The van der Waals surface area contributed by atoms with Crippen molar-refractivity contribution in [3.05, 3.63) is 59.4 Å². The molecule has 29 heavy (non-hydrogen) atoms. The molecule has 0 unspecified atom stereocenters. The average Bonchev–Trinajstić information content (AvgIpc) is 2.67. The summed E-state index contributed by atoms with van der Waals surface area (Å²) in [5.74, 6) is -6.75. The van der Waals surface area contributed by atoms with Crippen LogP contribution in [0.4, 0.5) is 27.6 Å². The number of ether oxygens (including phenoxy) is 1. The van der Waals surface area contributed by atoms with Crippen LogP contribution in [0.15, 0.2) is 36.4 Å². The van der Waals surface area contributed by atoms with E-state index in [4.69, 9.17) is 0 Å². The van der Waals surface area contributed by atoms with Gasteiger partial charge in [-0.05, 0) is 30.7 Å². The van der Waals surface area contributed by atoms with Crippen LogP contribution in [0.3, 0.4) is 0 Å². The van der Waals surface area contributed by atoms with Gasteiger partial charge in [-0.1, -0.05) is 19.1 Å². The van der Waals surface area contributed by atoms with E-state index in [0.717, 1.165) is 11.0 Å². The van der Waals surface area contributed by atoms with Crippen LogP contribution in [0.5, 0.6) is 5.75 Å². The van der Waals surface area contributed by atoms with E-state index in [-0.39, 0.29) is 17.9 Å².